The van der Waals surface area contributed by atoms with Crippen LogP contribution in [0.15, 0.2) is 22.8 Å². The molecule has 0 unspecified atom stereocenters. The molecule has 1 aromatic rings. The second kappa shape index (κ2) is 4.58. The minimum Gasteiger partial charge on any atom is -0.373 e. The summed E-state index contributed by atoms with van der Waals surface area (Å²) in [6.45, 7) is 4.60. The Kier molecular flexibility index (Phi) is 3.69. The molecule has 0 amide bonds. The second-order valence-electron chi connectivity index (χ2n) is 2.81. The Morgan fingerprint density at radius 1 is 1.50 bits per heavy atom. The summed E-state index contributed by atoms with van der Waals surface area (Å²) in [7, 11) is 0. The van der Waals surface area contributed by atoms with Crippen molar-refractivity contribution in [3.8, 4) is 0 Å². The van der Waals surface area contributed by atoms with Gasteiger partial charge in [-0.05, 0) is 41.9 Å². The van der Waals surface area contributed by atoms with Crippen LogP contribution < -0.4 is 0 Å². The summed E-state index contributed by atoms with van der Waals surface area (Å²) in [6.07, 6.45) is 0.255. The molecule has 1 rings (SSSR count). The van der Waals surface area contributed by atoms with Gasteiger partial charge in [-0.15, -0.1) is 0 Å². The Balaban J connectivity index is 2.52. The highest BCUT2D eigenvalue weighted by atomic mass is 79.9. The maximum absolute atomic E-state index is 5.40. The smallest absolute Gasteiger partial charge is 0.106 e. The van der Waals surface area contributed by atoms with Crippen molar-refractivity contribution >= 4 is 15.9 Å². The molecule has 0 saturated carbocycles. The van der Waals surface area contributed by atoms with Gasteiger partial charge < -0.3 is 4.74 Å². The lowest BCUT2D eigenvalue weighted by Crippen LogP contribution is -2.03. The van der Waals surface area contributed by atoms with Gasteiger partial charge in [0.15, 0.2) is 0 Å². The first-order valence-corrected chi connectivity index (χ1v) is 4.71. The number of aromatic nitrogens is 1. The van der Waals surface area contributed by atoms with Crippen molar-refractivity contribution in [2.75, 3.05) is 0 Å². The molecule has 12 heavy (non-hydrogen) atoms. The van der Waals surface area contributed by atoms with Crippen molar-refractivity contribution in [1.29, 1.82) is 0 Å². The van der Waals surface area contributed by atoms with Crippen LogP contribution in [0.25, 0.3) is 0 Å². The third kappa shape index (κ3) is 3.32. The first-order chi connectivity index (χ1) is 5.68. The number of pyridine rings is 1. The number of rotatable bonds is 3. The van der Waals surface area contributed by atoms with E-state index in [1.54, 1.807) is 0 Å². The van der Waals surface area contributed by atoms with Crippen LogP contribution in [0.5, 0.6) is 0 Å². The number of nitrogens with zero attached hydrogens (tertiary/aromatic N) is 1. The second-order valence-corrected chi connectivity index (χ2v) is 3.62. The van der Waals surface area contributed by atoms with E-state index < -0.39 is 0 Å². The van der Waals surface area contributed by atoms with Gasteiger partial charge in [-0.1, -0.05) is 6.07 Å². The molecule has 0 atom stereocenters. The van der Waals surface area contributed by atoms with Gasteiger partial charge in [0.25, 0.3) is 0 Å². The Bertz CT molecular complexity index is 250. The lowest BCUT2D eigenvalue weighted by Gasteiger charge is -2.06. The minimum absolute atomic E-state index is 0.255. The number of ether oxygens (including phenoxy) is 1. The van der Waals surface area contributed by atoms with Crippen LogP contribution in [-0.2, 0) is 11.3 Å². The van der Waals surface area contributed by atoms with Gasteiger partial charge in [0.1, 0.15) is 4.60 Å². The first-order valence-electron chi connectivity index (χ1n) is 3.91. The van der Waals surface area contributed by atoms with Crippen LogP contribution in [0.2, 0.25) is 0 Å². The highest BCUT2D eigenvalue weighted by Gasteiger charge is 1.97. The van der Waals surface area contributed by atoms with Crippen molar-refractivity contribution < 1.29 is 4.74 Å². The zero-order valence-corrected chi connectivity index (χ0v) is 8.84. The molecule has 0 fully saturated rings. The van der Waals surface area contributed by atoms with Crippen molar-refractivity contribution in [2.24, 2.45) is 0 Å². The van der Waals surface area contributed by atoms with Crippen LogP contribution in [0.3, 0.4) is 0 Å². The standard InChI is InChI=1S/C9H12BrNO/c1-7(2)12-6-8-4-3-5-9(10)11-8/h3-5,7H,6H2,1-2H3. The van der Waals surface area contributed by atoms with Gasteiger partial charge >= 0.3 is 0 Å². The fourth-order valence-electron chi connectivity index (χ4n) is 0.783. The molecule has 0 aliphatic rings. The van der Waals surface area contributed by atoms with E-state index in [9.17, 15) is 0 Å². The van der Waals surface area contributed by atoms with E-state index in [-0.39, 0.29) is 6.10 Å². The fraction of sp³-hybridized carbons (Fsp3) is 0.444. The zero-order chi connectivity index (χ0) is 8.97. The van der Waals surface area contributed by atoms with E-state index in [4.69, 9.17) is 4.74 Å². The predicted octanol–water partition coefficient (Wildman–Crippen LogP) is 2.77. The van der Waals surface area contributed by atoms with Gasteiger partial charge in [0.2, 0.25) is 0 Å². The maximum Gasteiger partial charge on any atom is 0.106 e. The summed E-state index contributed by atoms with van der Waals surface area (Å²) in [5, 5.41) is 0. The molecule has 0 aromatic carbocycles. The molecule has 0 aliphatic carbocycles. The fourth-order valence-corrected chi connectivity index (χ4v) is 1.16. The van der Waals surface area contributed by atoms with Crippen molar-refractivity contribution in [3.63, 3.8) is 0 Å². The van der Waals surface area contributed by atoms with E-state index in [1.165, 1.54) is 0 Å². The lowest BCUT2D eigenvalue weighted by atomic mass is 10.4. The van der Waals surface area contributed by atoms with E-state index in [2.05, 4.69) is 20.9 Å². The third-order valence-electron chi connectivity index (χ3n) is 1.34. The van der Waals surface area contributed by atoms with Crippen molar-refractivity contribution in [1.82, 2.24) is 4.98 Å². The molecule has 1 aromatic heterocycles. The third-order valence-corrected chi connectivity index (χ3v) is 1.78. The first kappa shape index (κ1) is 9.68. The zero-order valence-electron chi connectivity index (χ0n) is 7.25. The molecule has 0 N–H and O–H groups in total. The highest BCUT2D eigenvalue weighted by Crippen LogP contribution is 2.07. The number of halogens is 1. The van der Waals surface area contributed by atoms with E-state index in [0.717, 1.165) is 10.3 Å². The SMILES string of the molecule is CC(C)OCc1cccc(Br)n1. The van der Waals surface area contributed by atoms with E-state index >= 15 is 0 Å². The Morgan fingerprint density at radius 3 is 2.83 bits per heavy atom. The highest BCUT2D eigenvalue weighted by molar-refractivity contribution is 9.10. The summed E-state index contributed by atoms with van der Waals surface area (Å²) >= 11 is 3.30. The maximum atomic E-state index is 5.40. The van der Waals surface area contributed by atoms with Crippen LogP contribution in [0, 0.1) is 0 Å². The van der Waals surface area contributed by atoms with Crippen molar-refractivity contribution in [2.45, 2.75) is 26.6 Å². The normalized spacial score (nSPS) is 10.7. The summed E-state index contributed by atoms with van der Waals surface area (Å²) in [5.41, 5.74) is 0.957. The number of hydrogen-bond acceptors (Lipinski definition) is 2. The molecule has 2 nitrogen and oxygen atoms in total. The summed E-state index contributed by atoms with van der Waals surface area (Å²) < 4.78 is 6.25. The van der Waals surface area contributed by atoms with Crippen molar-refractivity contribution in [3.05, 3.63) is 28.5 Å². The Morgan fingerprint density at radius 2 is 2.25 bits per heavy atom. The van der Waals surface area contributed by atoms with E-state index in [0.29, 0.717) is 6.61 Å². The molecule has 3 heteroatoms. The van der Waals surface area contributed by atoms with Crippen LogP contribution >= 0.6 is 15.9 Å². The molecule has 66 valence electrons. The molecule has 1 heterocycles. The molecule has 0 aliphatic heterocycles. The summed E-state index contributed by atoms with van der Waals surface area (Å²) in [6, 6.07) is 5.81. The average molecular weight is 230 g/mol. The molecule has 0 saturated heterocycles. The molecule has 0 bridgehead atoms. The molecule has 0 spiro atoms. The quantitative estimate of drug-likeness (QED) is 0.745. The topological polar surface area (TPSA) is 22.1 Å². The molecular formula is C9H12BrNO. The van der Waals surface area contributed by atoms with E-state index in [1.807, 2.05) is 32.0 Å². The Hall–Kier alpha value is -0.410. The van der Waals surface area contributed by atoms with Crippen LogP contribution in [-0.4, -0.2) is 11.1 Å². The minimum atomic E-state index is 0.255. The Labute approximate surface area is 81.1 Å². The van der Waals surface area contributed by atoms with Gasteiger partial charge in [0, 0.05) is 0 Å². The van der Waals surface area contributed by atoms with Gasteiger partial charge in [0.05, 0.1) is 18.4 Å². The van der Waals surface area contributed by atoms with Gasteiger partial charge in [-0.25, -0.2) is 4.98 Å². The molecular weight excluding hydrogens is 218 g/mol. The largest absolute Gasteiger partial charge is 0.373 e. The predicted molar refractivity (Wildman–Crippen MR) is 51.9 cm³/mol. The summed E-state index contributed by atoms with van der Waals surface area (Å²) in [4.78, 5) is 4.24. The lowest BCUT2D eigenvalue weighted by molar-refractivity contribution is 0.0635. The number of hydrogen-bond donors (Lipinski definition) is 0. The monoisotopic (exact) mass is 229 g/mol. The van der Waals surface area contributed by atoms with Crippen LogP contribution in [0.4, 0.5) is 0 Å². The van der Waals surface area contributed by atoms with Crippen LogP contribution in [0.1, 0.15) is 19.5 Å². The summed E-state index contributed by atoms with van der Waals surface area (Å²) in [5.74, 6) is 0. The van der Waals surface area contributed by atoms with Gasteiger partial charge in [-0.2, -0.15) is 0 Å². The van der Waals surface area contributed by atoms with Gasteiger partial charge in [-0.3, -0.25) is 0 Å². The molecule has 0 radical (unpaired) electrons. The average Bonchev–Trinajstić information content (AvgIpc) is 2.01.